The third-order valence-corrected chi connectivity index (χ3v) is 3.66. The van der Waals surface area contributed by atoms with Crippen LogP contribution in [0.5, 0.6) is 0 Å². The van der Waals surface area contributed by atoms with Crippen molar-refractivity contribution in [2.24, 2.45) is 0 Å². The van der Waals surface area contributed by atoms with Crippen LogP contribution in [0.15, 0.2) is 35.8 Å². The largest absolute Gasteiger partial charge is 0.497 e. The van der Waals surface area contributed by atoms with Crippen molar-refractivity contribution < 1.29 is 14.6 Å². The highest BCUT2D eigenvalue weighted by molar-refractivity contribution is 5.36. The van der Waals surface area contributed by atoms with Gasteiger partial charge in [0.05, 0.1) is 14.2 Å². The van der Waals surface area contributed by atoms with Crippen molar-refractivity contribution >= 4 is 0 Å². The van der Waals surface area contributed by atoms with Gasteiger partial charge in [-0.25, -0.2) is 0 Å². The predicted octanol–water partition coefficient (Wildman–Crippen LogP) is 2.13. The Morgan fingerprint density at radius 3 is 2.53 bits per heavy atom. The third kappa shape index (κ3) is 3.61. The summed E-state index contributed by atoms with van der Waals surface area (Å²) in [5.41, 5.74) is -0.476. The minimum Gasteiger partial charge on any atom is -0.497 e. The van der Waals surface area contributed by atoms with Gasteiger partial charge in [0.1, 0.15) is 17.1 Å². The molecule has 0 spiro atoms. The van der Waals surface area contributed by atoms with Gasteiger partial charge >= 0.3 is 0 Å². The van der Waals surface area contributed by atoms with Gasteiger partial charge in [-0.1, -0.05) is 6.58 Å². The maximum Gasteiger partial charge on any atom is 0.128 e. The Morgan fingerprint density at radius 2 is 2.11 bits per heavy atom. The molecule has 0 unspecified atom stereocenters. The minimum absolute atomic E-state index is 0.00940. The van der Waals surface area contributed by atoms with E-state index in [2.05, 4.69) is 11.9 Å². The van der Waals surface area contributed by atoms with Gasteiger partial charge in [-0.2, -0.15) is 0 Å². The summed E-state index contributed by atoms with van der Waals surface area (Å²) in [6, 6.07) is 0.00940. The second-order valence-corrected chi connectivity index (χ2v) is 4.88. The number of aliphatic hydroxyl groups is 1. The minimum atomic E-state index is -1.04. The molecule has 0 amide bonds. The summed E-state index contributed by atoms with van der Waals surface area (Å²) < 4.78 is 10.5. The SMILES string of the molecule is C=C(/C(=C\C(=C/C)OC)OC)[C@@](C)(O)[C@@H]1CCCN1. The van der Waals surface area contributed by atoms with Crippen LogP contribution in [0.1, 0.15) is 26.7 Å². The zero-order valence-corrected chi connectivity index (χ0v) is 12.3. The van der Waals surface area contributed by atoms with Crippen molar-refractivity contribution in [1.82, 2.24) is 5.32 Å². The lowest BCUT2D eigenvalue weighted by atomic mass is 9.86. The Morgan fingerprint density at radius 1 is 1.42 bits per heavy atom. The topological polar surface area (TPSA) is 50.7 Å². The molecule has 108 valence electrons. The fourth-order valence-electron chi connectivity index (χ4n) is 2.28. The van der Waals surface area contributed by atoms with Crippen LogP contribution in [0.3, 0.4) is 0 Å². The van der Waals surface area contributed by atoms with Crippen LogP contribution in [0, 0.1) is 0 Å². The summed E-state index contributed by atoms with van der Waals surface area (Å²) in [5, 5.41) is 14.0. The number of hydrogen-bond acceptors (Lipinski definition) is 4. The predicted molar refractivity (Wildman–Crippen MR) is 76.6 cm³/mol. The van der Waals surface area contributed by atoms with Crippen LogP contribution in [0.25, 0.3) is 0 Å². The molecule has 1 aliphatic rings. The molecule has 4 heteroatoms. The summed E-state index contributed by atoms with van der Waals surface area (Å²) in [4.78, 5) is 0. The Labute approximate surface area is 115 Å². The van der Waals surface area contributed by atoms with Crippen LogP contribution >= 0.6 is 0 Å². The Kier molecular flexibility index (Phi) is 5.63. The summed E-state index contributed by atoms with van der Waals surface area (Å²) >= 11 is 0. The van der Waals surface area contributed by atoms with E-state index in [1.54, 1.807) is 27.2 Å². The van der Waals surface area contributed by atoms with Crippen molar-refractivity contribution in [2.45, 2.75) is 38.3 Å². The normalized spacial score (nSPS) is 23.9. The van der Waals surface area contributed by atoms with Gasteiger partial charge in [-0.05, 0) is 39.3 Å². The molecule has 0 bridgehead atoms. The van der Waals surface area contributed by atoms with Crippen LogP contribution in [-0.2, 0) is 9.47 Å². The molecule has 2 N–H and O–H groups in total. The van der Waals surface area contributed by atoms with E-state index >= 15 is 0 Å². The van der Waals surface area contributed by atoms with Gasteiger partial charge in [0.2, 0.25) is 0 Å². The van der Waals surface area contributed by atoms with Crippen molar-refractivity contribution in [3.05, 3.63) is 35.8 Å². The lowest BCUT2D eigenvalue weighted by molar-refractivity contribution is 0.0574. The quantitative estimate of drug-likeness (QED) is 0.572. The van der Waals surface area contributed by atoms with Crippen molar-refractivity contribution in [3.8, 4) is 0 Å². The molecule has 0 radical (unpaired) electrons. The molecular weight excluding hydrogens is 242 g/mol. The van der Waals surface area contributed by atoms with E-state index in [0.29, 0.717) is 17.1 Å². The van der Waals surface area contributed by atoms with E-state index < -0.39 is 5.60 Å². The van der Waals surface area contributed by atoms with E-state index in [1.165, 1.54) is 0 Å². The maximum absolute atomic E-state index is 10.7. The van der Waals surface area contributed by atoms with Gasteiger partial charge in [0, 0.05) is 17.7 Å². The number of hydrogen-bond donors (Lipinski definition) is 2. The summed E-state index contributed by atoms with van der Waals surface area (Å²) in [7, 11) is 3.16. The molecule has 4 nitrogen and oxygen atoms in total. The number of nitrogens with one attached hydrogen (secondary N) is 1. The zero-order chi connectivity index (χ0) is 14.5. The summed E-state index contributed by atoms with van der Waals surface area (Å²) in [6.45, 7) is 8.57. The van der Waals surface area contributed by atoms with E-state index in [-0.39, 0.29) is 6.04 Å². The fraction of sp³-hybridized carbons (Fsp3) is 0.600. The average Bonchev–Trinajstić information content (AvgIpc) is 2.94. The van der Waals surface area contributed by atoms with Crippen molar-refractivity contribution in [2.75, 3.05) is 20.8 Å². The van der Waals surface area contributed by atoms with Crippen molar-refractivity contribution in [1.29, 1.82) is 0 Å². The second kappa shape index (κ2) is 6.78. The molecular formula is C15H25NO3. The van der Waals surface area contributed by atoms with Gasteiger partial charge < -0.3 is 19.9 Å². The lowest BCUT2D eigenvalue weighted by Gasteiger charge is -2.32. The fourth-order valence-corrected chi connectivity index (χ4v) is 2.28. The van der Waals surface area contributed by atoms with Gasteiger partial charge in [-0.15, -0.1) is 0 Å². The van der Waals surface area contributed by atoms with Gasteiger partial charge in [0.15, 0.2) is 0 Å². The molecule has 0 saturated carbocycles. The van der Waals surface area contributed by atoms with Gasteiger partial charge in [-0.3, -0.25) is 0 Å². The molecule has 1 fully saturated rings. The molecule has 0 aliphatic carbocycles. The highest BCUT2D eigenvalue weighted by Crippen LogP contribution is 2.30. The summed E-state index contributed by atoms with van der Waals surface area (Å²) in [5.74, 6) is 1.21. The first-order valence-electron chi connectivity index (χ1n) is 6.58. The number of rotatable bonds is 6. The Hall–Kier alpha value is -1.26. The van der Waals surface area contributed by atoms with E-state index in [1.807, 2.05) is 13.0 Å². The number of ether oxygens (including phenoxy) is 2. The molecule has 19 heavy (non-hydrogen) atoms. The highest BCUT2D eigenvalue weighted by atomic mass is 16.5. The Balaban J connectivity index is 2.94. The van der Waals surface area contributed by atoms with E-state index in [9.17, 15) is 5.11 Å². The smallest absolute Gasteiger partial charge is 0.128 e. The molecule has 0 aromatic heterocycles. The van der Waals surface area contributed by atoms with Crippen LogP contribution in [0.2, 0.25) is 0 Å². The van der Waals surface area contributed by atoms with Crippen molar-refractivity contribution in [3.63, 3.8) is 0 Å². The van der Waals surface area contributed by atoms with Crippen LogP contribution in [0.4, 0.5) is 0 Å². The molecule has 1 saturated heterocycles. The molecule has 0 aromatic rings. The lowest BCUT2D eigenvalue weighted by Crippen LogP contribution is -2.47. The van der Waals surface area contributed by atoms with Crippen LogP contribution in [-0.4, -0.2) is 37.5 Å². The second-order valence-electron chi connectivity index (χ2n) is 4.88. The first-order valence-corrected chi connectivity index (χ1v) is 6.58. The van der Waals surface area contributed by atoms with Crippen LogP contribution < -0.4 is 5.32 Å². The first kappa shape index (κ1) is 15.8. The number of methoxy groups -OCH3 is 2. The van der Waals surface area contributed by atoms with Gasteiger partial charge in [0.25, 0.3) is 0 Å². The molecule has 0 aromatic carbocycles. The average molecular weight is 267 g/mol. The monoisotopic (exact) mass is 267 g/mol. The third-order valence-electron chi connectivity index (χ3n) is 3.66. The van der Waals surface area contributed by atoms with E-state index in [4.69, 9.17) is 9.47 Å². The summed E-state index contributed by atoms with van der Waals surface area (Å²) in [6.07, 6.45) is 5.57. The highest BCUT2D eigenvalue weighted by Gasteiger charge is 2.38. The molecule has 1 heterocycles. The molecule has 2 atom stereocenters. The maximum atomic E-state index is 10.7. The van der Waals surface area contributed by atoms with E-state index in [0.717, 1.165) is 19.4 Å². The molecule has 1 rings (SSSR count). The standard InChI is InChI=1S/C15H25NO3/c1-6-12(18-4)10-13(19-5)11(2)15(3,17)14-8-7-9-16-14/h6,10,14,16-17H,2,7-9H2,1,3-5H3/b12-6+,13-10+/t14-,15+/m0/s1. The molecule has 1 aliphatic heterocycles. The Bertz CT molecular complexity index is 377. The number of allylic oxidation sites excluding steroid dienone is 2. The zero-order valence-electron chi connectivity index (χ0n) is 12.3. The first-order chi connectivity index (χ1) is 8.97.